The third kappa shape index (κ3) is 3.87. The van der Waals surface area contributed by atoms with Crippen LogP contribution in [0.15, 0.2) is 40.9 Å². The van der Waals surface area contributed by atoms with Crippen LogP contribution in [0, 0.1) is 0 Å². The monoisotopic (exact) mass is 378 g/mol. The van der Waals surface area contributed by atoms with E-state index in [1.165, 1.54) is 0 Å². The van der Waals surface area contributed by atoms with Crippen molar-refractivity contribution in [3.8, 4) is 0 Å². The number of hydrogen-bond donors (Lipinski definition) is 1. The molecule has 2 aromatic carbocycles. The van der Waals surface area contributed by atoms with Gasteiger partial charge in [-0.3, -0.25) is 0 Å². The number of benzene rings is 2. The third-order valence-electron chi connectivity index (χ3n) is 2.75. The molecule has 5 heteroatoms. The summed E-state index contributed by atoms with van der Waals surface area (Å²) in [6.45, 7) is 0. The Balaban J connectivity index is 2.25. The first kappa shape index (κ1) is 15.1. The van der Waals surface area contributed by atoms with Crippen molar-refractivity contribution >= 4 is 50.7 Å². The summed E-state index contributed by atoms with van der Waals surface area (Å²) in [4.78, 5) is 0. The van der Waals surface area contributed by atoms with E-state index in [-0.39, 0.29) is 0 Å². The standard InChI is InChI=1S/C14H10BrCl3O/c15-9-2-1-8(13(18)6-9)5-14(19)11-7-10(16)3-4-12(11)17/h1-4,6-7,14,19H,5H2. The summed E-state index contributed by atoms with van der Waals surface area (Å²) in [6.07, 6.45) is -0.364. The normalized spacial score (nSPS) is 12.5. The summed E-state index contributed by atoms with van der Waals surface area (Å²) in [5, 5.41) is 11.9. The quantitative estimate of drug-likeness (QED) is 0.726. The molecule has 0 saturated heterocycles. The van der Waals surface area contributed by atoms with E-state index in [1.807, 2.05) is 12.1 Å². The van der Waals surface area contributed by atoms with Crippen molar-refractivity contribution in [2.24, 2.45) is 0 Å². The second-order valence-electron chi connectivity index (χ2n) is 4.12. The maximum absolute atomic E-state index is 10.3. The lowest BCUT2D eigenvalue weighted by Crippen LogP contribution is -2.03. The van der Waals surface area contributed by atoms with Gasteiger partial charge in [-0.05, 0) is 35.9 Å². The van der Waals surface area contributed by atoms with E-state index in [0.29, 0.717) is 27.1 Å². The minimum absolute atomic E-state index is 0.381. The molecular weight excluding hydrogens is 370 g/mol. The van der Waals surface area contributed by atoms with Crippen molar-refractivity contribution in [1.29, 1.82) is 0 Å². The molecule has 1 atom stereocenters. The predicted octanol–water partition coefficient (Wildman–Crippen LogP) is 5.69. The van der Waals surface area contributed by atoms with Crippen LogP contribution in [0.25, 0.3) is 0 Å². The average molecular weight is 380 g/mol. The van der Waals surface area contributed by atoms with E-state index < -0.39 is 6.10 Å². The minimum Gasteiger partial charge on any atom is -0.388 e. The molecule has 0 aliphatic heterocycles. The van der Waals surface area contributed by atoms with Gasteiger partial charge in [-0.25, -0.2) is 0 Å². The Kier molecular flexibility index (Phi) is 5.15. The number of hydrogen-bond acceptors (Lipinski definition) is 1. The van der Waals surface area contributed by atoms with Gasteiger partial charge in [0.2, 0.25) is 0 Å². The van der Waals surface area contributed by atoms with Gasteiger partial charge in [0.25, 0.3) is 0 Å². The Morgan fingerprint density at radius 3 is 2.42 bits per heavy atom. The third-order valence-corrected chi connectivity index (χ3v) is 4.17. The highest BCUT2D eigenvalue weighted by atomic mass is 79.9. The van der Waals surface area contributed by atoms with Crippen molar-refractivity contribution in [2.45, 2.75) is 12.5 Å². The number of halogens is 4. The van der Waals surface area contributed by atoms with Crippen LogP contribution in [0.5, 0.6) is 0 Å². The maximum Gasteiger partial charge on any atom is 0.0845 e. The van der Waals surface area contributed by atoms with E-state index in [4.69, 9.17) is 34.8 Å². The first-order valence-corrected chi connectivity index (χ1v) is 7.47. The Morgan fingerprint density at radius 1 is 1.00 bits per heavy atom. The molecule has 100 valence electrons. The predicted molar refractivity (Wildman–Crippen MR) is 84.3 cm³/mol. The second kappa shape index (κ2) is 6.47. The first-order valence-electron chi connectivity index (χ1n) is 5.54. The van der Waals surface area contributed by atoms with E-state index in [1.54, 1.807) is 24.3 Å². The summed E-state index contributed by atoms with van der Waals surface area (Å²) in [5.41, 5.74) is 1.46. The zero-order valence-electron chi connectivity index (χ0n) is 9.71. The molecule has 0 fully saturated rings. The summed E-state index contributed by atoms with van der Waals surface area (Å²) >= 11 is 21.5. The van der Waals surface area contributed by atoms with Gasteiger partial charge in [0.05, 0.1) is 6.10 Å². The van der Waals surface area contributed by atoms with Gasteiger partial charge >= 0.3 is 0 Å². The molecule has 0 amide bonds. The number of aliphatic hydroxyl groups excluding tert-OH is 1. The fourth-order valence-electron chi connectivity index (χ4n) is 1.78. The number of aliphatic hydroxyl groups is 1. The van der Waals surface area contributed by atoms with Crippen LogP contribution in [0.3, 0.4) is 0 Å². The van der Waals surface area contributed by atoms with E-state index >= 15 is 0 Å². The van der Waals surface area contributed by atoms with Crippen molar-refractivity contribution in [3.05, 3.63) is 67.1 Å². The van der Waals surface area contributed by atoms with Gasteiger partial charge in [-0.15, -0.1) is 0 Å². The van der Waals surface area contributed by atoms with Crippen LogP contribution in [0.4, 0.5) is 0 Å². The second-order valence-corrected chi connectivity index (χ2v) is 6.29. The summed E-state index contributed by atoms with van der Waals surface area (Å²) in [6, 6.07) is 10.6. The van der Waals surface area contributed by atoms with Gasteiger partial charge in [0, 0.05) is 31.5 Å². The molecule has 1 unspecified atom stereocenters. The molecule has 0 heterocycles. The lowest BCUT2D eigenvalue weighted by atomic mass is 10.0. The molecule has 1 N–H and O–H groups in total. The van der Waals surface area contributed by atoms with Crippen LogP contribution in [-0.4, -0.2) is 5.11 Å². The smallest absolute Gasteiger partial charge is 0.0845 e. The zero-order valence-corrected chi connectivity index (χ0v) is 13.6. The van der Waals surface area contributed by atoms with Gasteiger partial charge in [-0.2, -0.15) is 0 Å². The van der Waals surface area contributed by atoms with Crippen LogP contribution < -0.4 is 0 Å². The fourth-order valence-corrected chi connectivity index (χ4v) is 2.95. The van der Waals surface area contributed by atoms with E-state index in [0.717, 1.165) is 10.0 Å². The molecule has 0 spiro atoms. The molecule has 0 radical (unpaired) electrons. The van der Waals surface area contributed by atoms with Crippen molar-refractivity contribution in [3.63, 3.8) is 0 Å². The largest absolute Gasteiger partial charge is 0.388 e. The topological polar surface area (TPSA) is 20.2 Å². The Morgan fingerprint density at radius 2 is 1.74 bits per heavy atom. The molecule has 0 aliphatic carbocycles. The van der Waals surface area contributed by atoms with Crippen LogP contribution in [0.2, 0.25) is 15.1 Å². The lowest BCUT2D eigenvalue weighted by Gasteiger charge is -2.14. The molecular formula is C14H10BrCl3O. The lowest BCUT2D eigenvalue weighted by molar-refractivity contribution is 0.178. The van der Waals surface area contributed by atoms with Gasteiger partial charge in [-0.1, -0.05) is 56.8 Å². The average Bonchev–Trinajstić information content (AvgIpc) is 2.35. The fraction of sp³-hybridized carbons (Fsp3) is 0.143. The van der Waals surface area contributed by atoms with E-state index in [2.05, 4.69) is 15.9 Å². The SMILES string of the molecule is OC(Cc1ccc(Br)cc1Cl)c1cc(Cl)ccc1Cl. The molecule has 19 heavy (non-hydrogen) atoms. The Labute approximate surface area is 135 Å². The van der Waals surface area contributed by atoms with Gasteiger partial charge < -0.3 is 5.11 Å². The van der Waals surface area contributed by atoms with Crippen LogP contribution in [-0.2, 0) is 6.42 Å². The highest BCUT2D eigenvalue weighted by Gasteiger charge is 2.14. The maximum atomic E-state index is 10.3. The highest BCUT2D eigenvalue weighted by molar-refractivity contribution is 9.10. The highest BCUT2D eigenvalue weighted by Crippen LogP contribution is 2.31. The first-order chi connectivity index (χ1) is 8.97. The van der Waals surface area contributed by atoms with Gasteiger partial charge in [0.15, 0.2) is 0 Å². The molecule has 0 bridgehead atoms. The molecule has 0 aliphatic rings. The minimum atomic E-state index is -0.745. The number of rotatable bonds is 3. The summed E-state index contributed by atoms with van der Waals surface area (Å²) < 4.78 is 0.900. The Bertz CT molecular complexity index is 601. The zero-order chi connectivity index (χ0) is 14.0. The van der Waals surface area contributed by atoms with Crippen molar-refractivity contribution < 1.29 is 5.11 Å². The van der Waals surface area contributed by atoms with Crippen molar-refractivity contribution in [1.82, 2.24) is 0 Å². The molecule has 2 aromatic rings. The van der Waals surface area contributed by atoms with Crippen LogP contribution in [0.1, 0.15) is 17.2 Å². The summed E-state index contributed by atoms with van der Waals surface area (Å²) in [5.74, 6) is 0. The molecule has 0 aromatic heterocycles. The molecule has 1 nitrogen and oxygen atoms in total. The van der Waals surface area contributed by atoms with Gasteiger partial charge in [0.1, 0.15) is 0 Å². The summed E-state index contributed by atoms with van der Waals surface area (Å²) in [7, 11) is 0. The van der Waals surface area contributed by atoms with Crippen molar-refractivity contribution in [2.75, 3.05) is 0 Å². The Hall–Kier alpha value is -0.250. The molecule has 2 rings (SSSR count). The van der Waals surface area contributed by atoms with Crippen LogP contribution >= 0.6 is 50.7 Å². The van der Waals surface area contributed by atoms with E-state index in [9.17, 15) is 5.11 Å². The molecule has 0 saturated carbocycles.